The minimum absolute atomic E-state index is 0.0634. The van der Waals surface area contributed by atoms with E-state index in [1.54, 1.807) is 24.3 Å². The van der Waals surface area contributed by atoms with E-state index in [9.17, 15) is 13.6 Å². The van der Waals surface area contributed by atoms with Gasteiger partial charge in [-0.15, -0.1) is 0 Å². The van der Waals surface area contributed by atoms with Crippen molar-refractivity contribution in [3.63, 3.8) is 0 Å². The molecule has 1 aromatic carbocycles. The first kappa shape index (κ1) is 22.2. The molecule has 1 aromatic rings. The van der Waals surface area contributed by atoms with E-state index in [0.717, 1.165) is 18.6 Å². The molecule has 0 fully saturated rings. The van der Waals surface area contributed by atoms with E-state index in [-0.39, 0.29) is 22.6 Å². The molecule has 0 aliphatic heterocycles. The van der Waals surface area contributed by atoms with Crippen LogP contribution >= 0.6 is 0 Å². The molecule has 6 heteroatoms. The van der Waals surface area contributed by atoms with Crippen LogP contribution in [0.5, 0.6) is 5.75 Å². The van der Waals surface area contributed by atoms with Gasteiger partial charge in [-0.2, -0.15) is 0 Å². The lowest BCUT2D eigenvalue weighted by Gasteiger charge is -2.16. The lowest BCUT2D eigenvalue weighted by atomic mass is 10.0. The van der Waals surface area contributed by atoms with Gasteiger partial charge in [-0.05, 0) is 19.4 Å². The molecule has 0 saturated heterocycles. The van der Waals surface area contributed by atoms with Crippen molar-refractivity contribution >= 4 is 11.6 Å². The molecule has 1 amide bonds. The Hall–Kier alpha value is -2.89. The van der Waals surface area contributed by atoms with Gasteiger partial charge in [0.1, 0.15) is 17.4 Å². The van der Waals surface area contributed by atoms with Crippen LogP contribution in [0.15, 0.2) is 54.3 Å². The third-order valence-corrected chi connectivity index (χ3v) is 3.80. The summed E-state index contributed by atoms with van der Waals surface area (Å²) < 4.78 is 33.6. The van der Waals surface area contributed by atoms with E-state index in [1.807, 2.05) is 6.92 Å². The summed E-state index contributed by atoms with van der Waals surface area (Å²) in [4.78, 5) is 12.6. The molecule has 0 aliphatic rings. The highest BCUT2D eigenvalue weighted by Gasteiger charge is 2.20. The SMILES string of the molecule is C=C/C=C\C=C(/CCC)NC(=O)/C(C)=C(\NC)c1c(F)cc(OC)cc1F. The molecule has 2 N–H and O–H groups in total. The predicted octanol–water partition coefficient (Wildman–Crippen LogP) is 4.47. The highest BCUT2D eigenvalue weighted by atomic mass is 19.1. The molecule has 0 unspecified atom stereocenters. The lowest BCUT2D eigenvalue weighted by molar-refractivity contribution is -0.116. The number of ether oxygens (including phenoxy) is 1. The molecule has 4 nitrogen and oxygen atoms in total. The molecule has 0 aromatic heterocycles. The van der Waals surface area contributed by atoms with E-state index in [2.05, 4.69) is 17.2 Å². The first-order valence-electron chi connectivity index (χ1n) is 8.61. The van der Waals surface area contributed by atoms with Gasteiger partial charge in [-0.1, -0.05) is 38.2 Å². The fraction of sp³-hybridized carbons (Fsp3) is 0.286. The number of carbonyl (C=O) groups is 1. The van der Waals surface area contributed by atoms with Crippen molar-refractivity contribution < 1.29 is 18.3 Å². The first-order chi connectivity index (χ1) is 12.9. The van der Waals surface area contributed by atoms with Gasteiger partial charge in [0.2, 0.25) is 0 Å². The van der Waals surface area contributed by atoms with Gasteiger partial charge in [0.15, 0.2) is 0 Å². The summed E-state index contributed by atoms with van der Waals surface area (Å²) in [5, 5.41) is 5.52. The van der Waals surface area contributed by atoms with Gasteiger partial charge in [0, 0.05) is 30.5 Å². The minimum Gasteiger partial charge on any atom is -0.497 e. The summed E-state index contributed by atoms with van der Waals surface area (Å²) >= 11 is 0. The van der Waals surface area contributed by atoms with Crippen LogP contribution in [0.4, 0.5) is 8.78 Å². The summed E-state index contributed by atoms with van der Waals surface area (Å²) in [7, 11) is 2.83. The third kappa shape index (κ3) is 6.09. The average molecular weight is 376 g/mol. The van der Waals surface area contributed by atoms with Gasteiger partial charge < -0.3 is 15.4 Å². The maximum Gasteiger partial charge on any atom is 0.253 e. The maximum atomic E-state index is 14.4. The number of halogens is 2. The van der Waals surface area contributed by atoms with E-state index in [1.165, 1.54) is 21.1 Å². The number of amides is 1. The molecule has 146 valence electrons. The van der Waals surface area contributed by atoms with Gasteiger partial charge >= 0.3 is 0 Å². The fourth-order valence-corrected chi connectivity index (χ4v) is 2.47. The number of rotatable bonds is 9. The Morgan fingerprint density at radius 3 is 2.37 bits per heavy atom. The zero-order chi connectivity index (χ0) is 20.4. The standard InChI is InChI=1S/C21H26F2N2O2/c1-6-8-9-11-15(10-7-2)25-21(26)14(3)20(24-4)19-17(22)12-16(27-5)13-18(19)23/h6,8-9,11-13,24H,1,7,10H2,2-5H3,(H,25,26)/b9-8-,15-11+,20-14-. The smallest absolute Gasteiger partial charge is 0.253 e. The molecular formula is C21H26F2N2O2. The second-order valence-electron chi connectivity index (χ2n) is 5.73. The molecule has 0 atom stereocenters. The van der Waals surface area contributed by atoms with E-state index in [4.69, 9.17) is 4.74 Å². The summed E-state index contributed by atoms with van der Waals surface area (Å²) in [6.45, 7) is 7.08. The largest absolute Gasteiger partial charge is 0.497 e. The molecule has 0 radical (unpaired) electrons. The Kier molecular flexibility index (Phi) is 8.99. The highest BCUT2D eigenvalue weighted by molar-refractivity contribution is 6.01. The number of methoxy groups -OCH3 is 1. The molecule has 0 aliphatic carbocycles. The Balaban J connectivity index is 3.27. The minimum atomic E-state index is -0.818. The van der Waals surface area contributed by atoms with Crippen molar-refractivity contribution in [3.05, 3.63) is 71.5 Å². The van der Waals surface area contributed by atoms with Crippen molar-refractivity contribution in [2.24, 2.45) is 0 Å². The second kappa shape index (κ2) is 11.0. The number of nitrogens with one attached hydrogen (secondary N) is 2. The topological polar surface area (TPSA) is 50.4 Å². The van der Waals surface area contributed by atoms with E-state index < -0.39 is 17.5 Å². The van der Waals surface area contributed by atoms with Gasteiger partial charge in [-0.3, -0.25) is 4.79 Å². The summed E-state index contributed by atoms with van der Waals surface area (Å²) in [5.74, 6) is -2.02. The first-order valence-corrected chi connectivity index (χ1v) is 8.61. The Morgan fingerprint density at radius 1 is 1.26 bits per heavy atom. The van der Waals surface area contributed by atoms with Gasteiger partial charge in [0.25, 0.3) is 5.91 Å². The average Bonchev–Trinajstić information content (AvgIpc) is 2.64. The van der Waals surface area contributed by atoms with Crippen LogP contribution in [-0.2, 0) is 4.79 Å². The van der Waals surface area contributed by atoms with Crippen LogP contribution < -0.4 is 15.4 Å². The zero-order valence-corrected chi connectivity index (χ0v) is 16.2. The van der Waals surface area contributed by atoms with Crippen molar-refractivity contribution in [2.75, 3.05) is 14.2 Å². The lowest BCUT2D eigenvalue weighted by Crippen LogP contribution is -2.26. The predicted molar refractivity (Wildman–Crippen MR) is 105 cm³/mol. The summed E-state index contributed by atoms with van der Waals surface area (Å²) in [6.07, 6.45) is 8.38. The number of hydrogen-bond donors (Lipinski definition) is 2. The van der Waals surface area contributed by atoms with Gasteiger partial charge in [-0.25, -0.2) is 8.78 Å². The number of benzene rings is 1. The van der Waals surface area contributed by atoms with Crippen LogP contribution in [0, 0.1) is 11.6 Å². The molecule has 0 bridgehead atoms. The molecule has 1 rings (SSSR count). The van der Waals surface area contributed by atoms with Crippen molar-refractivity contribution in [1.82, 2.24) is 10.6 Å². The number of carbonyl (C=O) groups excluding carboxylic acids is 1. The van der Waals surface area contributed by atoms with Crippen LogP contribution in [0.3, 0.4) is 0 Å². The molecule has 0 heterocycles. The maximum absolute atomic E-state index is 14.4. The zero-order valence-electron chi connectivity index (χ0n) is 16.2. The molecular weight excluding hydrogens is 350 g/mol. The van der Waals surface area contributed by atoms with Crippen molar-refractivity contribution in [1.29, 1.82) is 0 Å². The van der Waals surface area contributed by atoms with Crippen LogP contribution in [0.1, 0.15) is 32.3 Å². The van der Waals surface area contributed by atoms with Crippen LogP contribution in [0.25, 0.3) is 5.70 Å². The Morgan fingerprint density at radius 2 is 1.89 bits per heavy atom. The molecule has 0 saturated carbocycles. The van der Waals surface area contributed by atoms with Crippen molar-refractivity contribution in [3.8, 4) is 5.75 Å². The Bertz CT molecular complexity index is 757. The molecule has 0 spiro atoms. The van der Waals surface area contributed by atoms with E-state index >= 15 is 0 Å². The van der Waals surface area contributed by atoms with Gasteiger partial charge in [0.05, 0.1) is 18.4 Å². The summed E-state index contributed by atoms with van der Waals surface area (Å²) in [6, 6.07) is 2.15. The van der Waals surface area contributed by atoms with Crippen molar-refractivity contribution in [2.45, 2.75) is 26.7 Å². The van der Waals surface area contributed by atoms with E-state index in [0.29, 0.717) is 12.1 Å². The number of allylic oxidation sites excluding steroid dienone is 5. The van der Waals surface area contributed by atoms with Crippen LogP contribution in [-0.4, -0.2) is 20.1 Å². The van der Waals surface area contributed by atoms with Crippen LogP contribution in [0.2, 0.25) is 0 Å². The monoisotopic (exact) mass is 376 g/mol. The highest BCUT2D eigenvalue weighted by Crippen LogP contribution is 2.27. The fourth-order valence-electron chi connectivity index (χ4n) is 2.47. The number of hydrogen-bond acceptors (Lipinski definition) is 3. The summed E-state index contributed by atoms with van der Waals surface area (Å²) in [5.41, 5.74) is 0.627. The normalized spacial score (nSPS) is 12.6. The second-order valence-corrected chi connectivity index (χ2v) is 5.73. The molecule has 27 heavy (non-hydrogen) atoms. The third-order valence-electron chi connectivity index (χ3n) is 3.80. The quantitative estimate of drug-likeness (QED) is 0.494. The Labute approximate surface area is 159 Å².